The lowest BCUT2D eigenvalue weighted by Gasteiger charge is -2.16. The van der Waals surface area contributed by atoms with Crippen LogP contribution in [0.1, 0.15) is 13.8 Å². The molecule has 5 nitrogen and oxygen atoms in total. The lowest BCUT2D eigenvalue weighted by molar-refractivity contribution is -0.117. The van der Waals surface area contributed by atoms with Crippen molar-refractivity contribution in [3.05, 3.63) is 24.3 Å². The van der Waals surface area contributed by atoms with Gasteiger partial charge in [-0.1, -0.05) is 6.07 Å². The second kappa shape index (κ2) is 6.98. The highest BCUT2D eigenvalue weighted by Crippen LogP contribution is 2.18. The van der Waals surface area contributed by atoms with E-state index in [9.17, 15) is 9.59 Å². The number of carbonyl (C=O) groups excluding carboxylic acids is 2. The van der Waals surface area contributed by atoms with E-state index in [1.165, 1.54) is 11.8 Å². The molecule has 1 aromatic rings. The zero-order chi connectivity index (χ0) is 13.0. The monoisotopic (exact) mass is 271 g/mol. The average molecular weight is 272 g/mol. The van der Waals surface area contributed by atoms with Crippen molar-refractivity contribution in [2.75, 3.05) is 17.3 Å². The lowest BCUT2D eigenvalue weighted by Crippen LogP contribution is -2.32. The summed E-state index contributed by atoms with van der Waals surface area (Å²) in [4.78, 5) is 24.1. The number of nitrogens with two attached hydrogens (primary N) is 1. The van der Waals surface area contributed by atoms with Gasteiger partial charge in [0.05, 0.1) is 6.04 Å². The molecular formula is C12H18ClN3O2. The van der Waals surface area contributed by atoms with Crippen molar-refractivity contribution >= 4 is 35.6 Å². The van der Waals surface area contributed by atoms with E-state index in [4.69, 9.17) is 5.73 Å². The van der Waals surface area contributed by atoms with Crippen LogP contribution in [0.5, 0.6) is 0 Å². The second-order valence-corrected chi connectivity index (χ2v) is 3.91. The van der Waals surface area contributed by atoms with E-state index in [0.29, 0.717) is 5.69 Å². The Morgan fingerprint density at radius 2 is 2.00 bits per heavy atom. The number of halogens is 1. The molecule has 1 atom stereocenters. The molecule has 0 spiro atoms. The summed E-state index contributed by atoms with van der Waals surface area (Å²) in [5.74, 6) is -0.326. The Bertz CT molecular complexity index is 435. The Balaban J connectivity index is 0.00000289. The minimum atomic E-state index is -0.566. The van der Waals surface area contributed by atoms with Crippen molar-refractivity contribution in [1.82, 2.24) is 0 Å². The van der Waals surface area contributed by atoms with Crippen LogP contribution in [-0.4, -0.2) is 24.9 Å². The van der Waals surface area contributed by atoms with Gasteiger partial charge in [-0.2, -0.15) is 0 Å². The summed E-state index contributed by atoms with van der Waals surface area (Å²) >= 11 is 0. The van der Waals surface area contributed by atoms with Gasteiger partial charge in [-0.15, -0.1) is 12.4 Å². The molecule has 18 heavy (non-hydrogen) atoms. The molecule has 2 amide bonds. The minimum absolute atomic E-state index is 0. The second-order valence-electron chi connectivity index (χ2n) is 3.91. The van der Waals surface area contributed by atoms with Crippen molar-refractivity contribution in [2.45, 2.75) is 19.9 Å². The summed E-state index contributed by atoms with van der Waals surface area (Å²) in [6.07, 6.45) is 0. The summed E-state index contributed by atoms with van der Waals surface area (Å²) in [5.41, 5.74) is 6.80. The summed E-state index contributed by atoms with van der Waals surface area (Å²) in [6, 6.07) is 6.47. The molecule has 0 heterocycles. The quantitative estimate of drug-likeness (QED) is 0.872. The zero-order valence-electron chi connectivity index (χ0n) is 10.6. The standard InChI is InChI=1S/C12H17N3O2.ClH/c1-8(13)12(17)14-10-5-4-6-11(7-10)15(3)9(2)16;/h4-8H,13H2,1-3H3,(H,14,17);1H/t8-;/m1./s1. The van der Waals surface area contributed by atoms with E-state index in [1.807, 2.05) is 0 Å². The summed E-state index contributed by atoms with van der Waals surface area (Å²) in [7, 11) is 1.68. The number of benzene rings is 1. The summed E-state index contributed by atoms with van der Waals surface area (Å²) in [6.45, 7) is 3.09. The van der Waals surface area contributed by atoms with Gasteiger partial charge in [0.1, 0.15) is 0 Å². The van der Waals surface area contributed by atoms with Gasteiger partial charge in [0.2, 0.25) is 11.8 Å². The van der Waals surface area contributed by atoms with Gasteiger partial charge in [-0.25, -0.2) is 0 Å². The Morgan fingerprint density at radius 3 is 2.50 bits per heavy atom. The number of rotatable bonds is 3. The van der Waals surface area contributed by atoms with Crippen LogP contribution in [-0.2, 0) is 9.59 Å². The van der Waals surface area contributed by atoms with Gasteiger partial charge >= 0.3 is 0 Å². The third-order valence-electron chi connectivity index (χ3n) is 2.39. The van der Waals surface area contributed by atoms with Crippen LogP contribution >= 0.6 is 12.4 Å². The maximum atomic E-state index is 11.4. The number of amides is 2. The van der Waals surface area contributed by atoms with Crippen LogP contribution in [0.4, 0.5) is 11.4 Å². The molecule has 0 aliphatic heterocycles. The van der Waals surface area contributed by atoms with Crippen LogP contribution < -0.4 is 16.0 Å². The third-order valence-corrected chi connectivity index (χ3v) is 2.39. The molecule has 0 saturated carbocycles. The molecule has 0 aliphatic carbocycles. The highest BCUT2D eigenvalue weighted by Gasteiger charge is 2.09. The highest BCUT2D eigenvalue weighted by atomic mass is 35.5. The number of hydrogen-bond acceptors (Lipinski definition) is 3. The molecule has 6 heteroatoms. The lowest BCUT2D eigenvalue weighted by atomic mass is 10.2. The van der Waals surface area contributed by atoms with Gasteiger partial charge in [-0.3, -0.25) is 9.59 Å². The van der Waals surface area contributed by atoms with E-state index in [-0.39, 0.29) is 24.2 Å². The number of nitrogens with one attached hydrogen (secondary N) is 1. The molecule has 1 aromatic carbocycles. The van der Waals surface area contributed by atoms with Crippen LogP contribution in [0.15, 0.2) is 24.3 Å². The molecule has 1 rings (SSSR count). The molecule has 0 bridgehead atoms. The number of nitrogens with zero attached hydrogens (tertiary/aromatic N) is 1. The average Bonchev–Trinajstić information content (AvgIpc) is 2.28. The molecule has 3 N–H and O–H groups in total. The van der Waals surface area contributed by atoms with Gasteiger partial charge in [0.15, 0.2) is 0 Å². The Labute approximate surface area is 113 Å². The molecular weight excluding hydrogens is 254 g/mol. The van der Waals surface area contributed by atoms with Crippen molar-refractivity contribution in [1.29, 1.82) is 0 Å². The van der Waals surface area contributed by atoms with Gasteiger partial charge in [0, 0.05) is 25.3 Å². The van der Waals surface area contributed by atoms with Gasteiger partial charge in [0.25, 0.3) is 0 Å². The van der Waals surface area contributed by atoms with E-state index in [0.717, 1.165) is 5.69 Å². The molecule has 0 aliphatic rings. The first-order valence-electron chi connectivity index (χ1n) is 5.32. The molecule has 0 saturated heterocycles. The maximum Gasteiger partial charge on any atom is 0.240 e. The first-order chi connectivity index (χ1) is 7.91. The maximum absolute atomic E-state index is 11.4. The minimum Gasteiger partial charge on any atom is -0.325 e. The largest absolute Gasteiger partial charge is 0.325 e. The van der Waals surface area contributed by atoms with Gasteiger partial charge < -0.3 is 16.0 Å². The Hall–Kier alpha value is -1.59. The zero-order valence-corrected chi connectivity index (χ0v) is 11.5. The van der Waals surface area contributed by atoms with E-state index >= 15 is 0 Å². The van der Waals surface area contributed by atoms with E-state index in [1.54, 1.807) is 38.2 Å². The molecule has 0 unspecified atom stereocenters. The van der Waals surface area contributed by atoms with E-state index < -0.39 is 6.04 Å². The van der Waals surface area contributed by atoms with Crippen LogP contribution in [0.3, 0.4) is 0 Å². The first-order valence-corrected chi connectivity index (χ1v) is 5.32. The number of anilines is 2. The van der Waals surface area contributed by atoms with Crippen molar-refractivity contribution in [3.63, 3.8) is 0 Å². The number of hydrogen-bond donors (Lipinski definition) is 2. The van der Waals surface area contributed by atoms with Crippen molar-refractivity contribution in [2.24, 2.45) is 5.73 Å². The van der Waals surface area contributed by atoms with Crippen molar-refractivity contribution in [3.8, 4) is 0 Å². The molecule has 0 fully saturated rings. The smallest absolute Gasteiger partial charge is 0.240 e. The highest BCUT2D eigenvalue weighted by molar-refractivity contribution is 5.96. The normalized spacial score (nSPS) is 11.1. The van der Waals surface area contributed by atoms with Crippen LogP contribution in [0, 0.1) is 0 Å². The van der Waals surface area contributed by atoms with Crippen LogP contribution in [0.2, 0.25) is 0 Å². The van der Waals surface area contributed by atoms with Gasteiger partial charge in [-0.05, 0) is 25.1 Å². The fourth-order valence-corrected chi connectivity index (χ4v) is 1.23. The predicted molar refractivity (Wildman–Crippen MR) is 75.1 cm³/mol. The van der Waals surface area contributed by atoms with Crippen LogP contribution in [0.25, 0.3) is 0 Å². The number of carbonyl (C=O) groups is 2. The summed E-state index contributed by atoms with van der Waals surface area (Å²) < 4.78 is 0. The fraction of sp³-hybridized carbons (Fsp3) is 0.333. The summed E-state index contributed by atoms with van der Waals surface area (Å²) in [5, 5.41) is 2.67. The Morgan fingerprint density at radius 1 is 1.39 bits per heavy atom. The SMILES string of the molecule is CC(=O)N(C)c1cccc(NC(=O)[C@@H](C)N)c1.Cl. The molecule has 100 valence electrons. The Kier molecular flexibility index (Phi) is 6.36. The van der Waals surface area contributed by atoms with Crippen molar-refractivity contribution < 1.29 is 9.59 Å². The van der Waals surface area contributed by atoms with E-state index in [2.05, 4.69) is 5.32 Å². The third kappa shape index (κ3) is 4.35. The first kappa shape index (κ1) is 16.4. The fourth-order valence-electron chi connectivity index (χ4n) is 1.23. The predicted octanol–water partition coefficient (Wildman–Crippen LogP) is 1.38. The molecule has 0 radical (unpaired) electrons. The molecule has 0 aromatic heterocycles. The topological polar surface area (TPSA) is 75.4 Å².